The number of hydrogen-bond donors (Lipinski definition) is 0. The van der Waals surface area contributed by atoms with E-state index in [9.17, 15) is 0 Å². The third-order valence-electron chi connectivity index (χ3n) is 4.67. The number of nitrogens with zero attached hydrogens (tertiary/aromatic N) is 2. The summed E-state index contributed by atoms with van der Waals surface area (Å²) in [6.45, 7) is 0.311. The van der Waals surface area contributed by atoms with Crippen molar-refractivity contribution in [1.82, 2.24) is 0 Å². The van der Waals surface area contributed by atoms with Crippen molar-refractivity contribution in [3.8, 4) is 6.07 Å². The molecule has 1 saturated carbocycles. The summed E-state index contributed by atoms with van der Waals surface area (Å²) >= 11 is 0. The van der Waals surface area contributed by atoms with E-state index in [0.717, 1.165) is 11.1 Å². The van der Waals surface area contributed by atoms with Gasteiger partial charge in [0.15, 0.2) is 0 Å². The zero-order valence-corrected chi connectivity index (χ0v) is 13.8. The summed E-state index contributed by atoms with van der Waals surface area (Å²) in [6.07, 6.45) is 8.32. The fraction of sp³-hybridized carbons (Fsp3) is 0.333. The smallest absolute Gasteiger partial charge is 0.143 e. The molecule has 122 valence electrons. The largest absolute Gasteiger partial charge is 0.391 e. The van der Waals surface area contributed by atoms with Gasteiger partial charge in [-0.3, -0.25) is 0 Å². The predicted octanol–water partition coefficient (Wildman–Crippen LogP) is 5.16. The molecule has 0 aromatic heterocycles. The maximum Gasteiger partial charge on any atom is 0.143 e. The minimum absolute atomic E-state index is 0.311. The van der Waals surface area contributed by atoms with Gasteiger partial charge in [0, 0.05) is 5.56 Å². The number of nitriles is 1. The normalized spacial score (nSPS) is 15.3. The van der Waals surface area contributed by atoms with Crippen molar-refractivity contribution in [3.05, 3.63) is 70.8 Å². The van der Waals surface area contributed by atoms with E-state index in [1.165, 1.54) is 37.7 Å². The van der Waals surface area contributed by atoms with Gasteiger partial charge in [-0.1, -0.05) is 66.9 Å². The SMILES string of the molecule is N#Cc1ccccc1CON=Cc1ccccc1C1CCCCC1. The molecule has 0 radical (unpaired) electrons. The second kappa shape index (κ2) is 8.31. The maximum atomic E-state index is 9.09. The molecule has 3 heteroatoms. The first kappa shape index (κ1) is 16.3. The summed E-state index contributed by atoms with van der Waals surface area (Å²) in [5.74, 6) is 0.640. The van der Waals surface area contributed by atoms with Crippen molar-refractivity contribution >= 4 is 6.21 Å². The summed E-state index contributed by atoms with van der Waals surface area (Å²) in [4.78, 5) is 5.43. The first-order valence-corrected chi connectivity index (χ1v) is 8.61. The van der Waals surface area contributed by atoms with Crippen LogP contribution in [0.2, 0.25) is 0 Å². The van der Waals surface area contributed by atoms with Gasteiger partial charge in [-0.25, -0.2) is 0 Å². The molecule has 0 atom stereocenters. The zero-order chi connectivity index (χ0) is 16.6. The molecule has 0 spiro atoms. The van der Waals surface area contributed by atoms with E-state index < -0.39 is 0 Å². The maximum absolute atomic E-state index is 9.09. The van der Waals surface area contributed by atoms with Gasteiger partial charge in [0.1, 0.15) is 6.61 Å². The highest BCUT2D eigenvalue weighted by Crippen LogP contribution is 2.33. The molecule has 2 aromatic carbocycles. The van der Waals surface area contributed by atoms with Crippen molar-refractivity contribution in [2.24, 2.45) is 5.16 Å². The predicted molar refractivity (Wildman–Crippen MR) is 95.8 cm³/mol. The van der Waals surface area contributed by atoms with E-state index in [1.807, 2.05) is 24.3 Å². The van der Waals surface area contributed by atoms with Crippen LogP contribution in [0.25, 0.3) is 0 Å². The number of rotatable bonds is 5. The van der Waals surface area contributed by atoms with Crippen LogP contribution in [0, 0.1) is 11.3 Å². The van der Waals surface area contributed by atoms with E-state index >= 15 is 0 Å². The molecule has 1 fully saturated rings. The Hall–Kier alpha value is -2.60. The highest BCUT2D eigenvalue weighted by molar-refractivity contribution is 5.81. The Morgan fingerprint density at radius 2 is 1.79 bits per heavy atom. The Kier molecular flexibility index (Phi) is 5.63. The molecule has 0 unspecified atom stereocenters. The van der Waals surface area contributed by atoms with E-state index in [2.05, 4.69) is 29.4 Å². The molecule has 0 aliphatic heterocycles. The lowest BCUT2D eigenvalue weighted by Gasteiger charge is -2.23. The van der Waals surface area contributed by atoms with Crippen molar-refractivity contribution in [2.45, 2.75) is 44.6 Å². The highest BCUT2D eigenvalue weighted by Gasteiger charge is 2.17. The van der Waals surface area contributed by atoms with Crippen LogP contribution in [0.15, 0.2) is 53.7 Å². The van der Waals surface area contributed by atoms with Gasteiger partial charge < -0.3 is 4.84 Å². The van der Waals surface area contributed by atoms with Crippen LogP contribution in [0.3, 0.4) is 0 Å². The lowest BCUT2D eigenvalue weighted by atomic mass is 9.82. The van der Waals surface area contributed by atoms with Crippen LogP contribution in [0.5, 0.6) is 0 Å². The Balaban J connectivity index is 1.65. The highest BCUT2D eigenvalue weighted by atomic mass is 16.6. The summed E-state index contributed by atoms with van der Waals surface area (Å²) in [5.41, 5.74) is 4.01. The number of oxime groups is 1. The molecule has 0 saturated heterocycles. The van der Waals surface area contributed by atoms with E-state index in [-0.39, 0.29) is 0 Å². The van der Waals surface area contributed by atoms with Gasteiger partial charge in [0.05, 0.1) is 17.8 Å². The quantitative estimate of drug-likeness (QED) is 0.565. The summed E-state index contributed by atoms with van der Waals surface area (Å²) in [6, 6.07) is 18.1. The van der Waals surface area contributed by atoms with Crippen molar-refractivity contribution in [2.75, 3.05) is 0 Å². The zero-order valence-electron chi connectivity index (χ0n) is 13.8. The van der Waals surface area contributed by atoms with Crippen LogP contribution in [0.1, 0.15) is 60.3 Å². The third-order valence-corrected chi connectivity index (χ3v) is 4.67. The van der Waals surface area contributed by atoms with E-state index in [0.29, 0.717) is 18.1 Å². The second-order valence-electron chi connectivity index (χ2n) is 6.24. The molecule has 1 aliphatic carbocycles. The van der Waals surface area contributed by atoms with Gasteiger partial charge in [-0.2, -0.15) is 5.26 Å². The topological polar surface area (TPSA) is 45.4 Å². The fourth-order valence-corrected chi connectivity index (χ4v) is 3.37. The van der Waals surface area contributed by atoms with Crippen molar-refractivity contribution < 1.29 is 4.84 Å². The van der Waals surface area contributed by atoms with Crippen LogP contribution >= 0.6 is 0 Å². The minimum Gasteiger partial charge on any atom is -0.391 e. The van der Waals surface area contributed by atoms with E-state index in [4.69, 9.17) is 10.1 Å². The first-order valence-electron chi connectivity index (χ1n) is 8.61. The van der Waals surface area contributed by atoms with E-state index in [1.54, 1.807) is 12.3 Å². The molecule has 1 aliphatic rings. The lowest BCUT2D eigenvalue weighted by molar-refractivity contribution is 0.132. The average Bonchev–Trinajstić information content (AvgIpc) is 2.66. The van der Waals surface area contributed by atoms with Crippen LogP contribution in [-0.4, -0.2) is 6.21 Å². The molecule has 0 bridgehead atoms. The van der Waals surface area contributed by atoms with Gasteiger partial charge in [0.2, 0.25) is 0 Å². The van der Waals surface area contributed by atoms with Crippen molar-refractivity contribution in [3.63, 3.8) is 0 Å². The molecule has 24 heavy (non-hydrogen) atoms. The monoisotopic (exact) mass is 318 g/mol. The van der Waals surface area contributed by atoms with Crippen LogP contribution < -0.4 is 0 Å². The molecule has 3 rings (SSSR count). The van der Waals surface area contributed by atoms with Gasteiger partial charge in [-0.05, 0) is 36.0 Å². The van der Waals surface area contributed by atoms with Crippen LogP contribution in [0.4, 0.5) is 0 Å². The molecule has 0 amide bonds. The lowest BCUT2D eigenvalue weighted by Crippen LogP contribution is -2.07. The fourth-order valence-electron chi connectivity index (χ4n) is 3.37. The summed E-state index contributed by atoms with van der Waals surface area (Å²) in [7, 11) is 0. The summed E-state index contributed by atoms with van der Waals surface area (Å²) < 4.78 is 0. The molecular formula is C21H22N2O. The van der Waals surface area contributed by atoms with Gasteiger partial charge in [0.25, 0.3) is 0 Å². The average molecular weight is 318 g/mol. The number of hydrogen-bond acceptors (Lipinski definition) is 3. The molecule has 2 aromatic rings. The van der Waals surface area contributed by atoms with Gasteiger partial charge >= 0.3 is 0 Å². The molecular weight excluding hydrogens is 296 g/mol. The third kappa shape index (κ3) is 4.02. The summed E-state index contributed by atoms with van der Waals surface area (Å²) in [5, 5.41) is 13.2. The number of benzene rings is 2. The Labute approximate surface area is 143 Å². The first-order chi connectivity index (χ1) is 11.9. The molecule has 3 nitrogen and oxygen atoms in total. The molecule has 0 heterocycles. The second-order valence-corrected chi connectivity index (χ2v) is 6.24. The Morgan fingerprint density at radius 1 is 1.04 bits per heavy atom. The minimum atomic E-state index is 0.311. The molecule has 0 N–H and O–H groups in total. The Morgan fingerprint density at radius 3 is 2.62 bits per heavy atom. The van der Waals surface area contributed by atoms with Crippen LogP contribution in [-0.2, 0) is 11.4 Å². The van der Waals surface area contributed by atoms with Gasteiger partial charge in [-0.15, -0.1) is 0 Å². The standard InChI is InChI=1S/C21H22N2O/c22-14-18-10-4-5-12-20(18)16-24-23-15-19-11-6-7-13-21(19)17-8-2-1-3-9-17/h4-7,10-13,15,17H,1-3,8-9,16H2. The van der Waals surface area contributed by atoms with Crippen molar-refractivity contribution in [1.29, 1.82) is 5.26 Å². The Bertz CT molecular complexity index is 739.